The number of halogens is 2. The Labute approximate surface area is 117 Å². The molecule has 0 unspecified atom stereocenters. The molecular formula is C11H11BrClNO4. The van der Waals surface area contributed by atoms with Gasteiger partial charge in [0.2, 0.25) is 0 Å². The summed E-state index contributed by atoms with van der Waals surface area (Å²) in [5.41, 5.74) is 0.675. The molecule has 0 atom stereocenters. The van der Waals surface area contributed by atoms with Gasteiger partial charge in [-0.25, -0.2) is 0 Å². The van der Waals surface area contributed by atoms with Crippen molar-refractivity contribution in [1.82, 2.24) is 4.90 Å². The average molecular weight is 337 g/mol. The monoisotopic (exact) mass is 335 g/mol. The Morgan fingerprint density at radius 1 is 1.22 bits per heavy atom. The molecule has 0 radical (unpaired) electrons. The van der Waals surface area contributed by atoms with Crippen molar-refractivity contribution in [3.8, 4) is 0 Å². The van der Waals surface area contributed by atoms with E-state index < -0.39 is 11.9 Å². The van der Waals surface area contributed by atoms with Gasteiger partial charge in [0.15, 0.2) is 0 Å². The summed E-state index contributed by atoms with van der Waals surface area (Å²) < 4.78 is 0.799. The van der Waals surface area contributed by atoms with Crippen LogP contribution in [0.4, 0.5) is 0 Å². The van der Waals surface area contributed by atoms with Gasteiger partial charge in [-0.3, -0.25) is 14.5 Å². The van der Waals surface area contributed by atoms with Gasteiger partial charge >= 0.3 is 11.9 Å². The molecule has 1 aromatic rings. The van der Waals surface area contributed by atoms with Crippen LogP contribution in [-0.2, 0) is 16.1 Å². The number of carboxylic acid groups (broad SMARTS) is 2. The largest absolute Gasteiger partial charge is 0.480 e. The van der Waals surface area contributed by atoms with Crippen LogP contribution in [0.1, 0.15) is 5.56 Å². The van der Waals surface area contributed by atoms with E-state index in [1.54, 1.807) is 18.2 Å². The number of benzene rings is 1. The average Bonchev–Trinajstić information content (AvgIpc) is 2.21. The molecule has 18 heavy (non-hydrogen) atoms. The molecule has 0 aliphatic heterocycles. The molecule has 0 aliphatic carbocycles. The predicted octanol–water partition coefficient (Wildman–Crippen LogP) is 2.07. The third-order valence-corrected chi connectivity index (χ3v) is 2.98. The minimum absolute atomic E-state index is 0.164. The van der Waals surface area contributed by atoms with Crippen LogP contribution in [0.15, 0.2) is 22.7 Å². The van der Waals surface area contributed by atoms with Crippen molar-refractivity contribution in [3.05, 3.63) is 33.3 Å². The normalized spacial score (nSPS) is 10.6. The Balaban J connectivity index is 2.84. The molecule has 0 saturated carbocycles. The molecule has 1 rings (SSSR count). The highest BCUT2D eigenvalue weighted by Gasteiger charge is 2.15. The highest BCUT2D eigenvalue weighted by molar-refractivity contribution is 9.10. The van der Waals surface area contributed by atoms with Crippen LogP contribution < -0.4 is 0 Å². The fraction of sp³-hybridized carbons (Fsp3) is 0.273. The lowest BCUT2D eigenvalue weighted by atomic mass is 10.2. The summed E-state index contributed by atoms with van der Waals surface area (Å²) in [6, 6.07) is 5.16. The topological polar surface area (TPSA) is 77.8 Å². The summed E-state index contributed by atoms with van der Waals surface area (Å²) >= 11 is 9.25. The van der Waals surface area contributed by atoms with E-state index in [1.165, 1.54) is 4.90 Å². The Hall–Kier alpha value is -1.11. The van der Waals surface area contributed by atoms with Crippen LogP contribution in [-0.4, -0.2) is 40.1 Å². The minimum Gasteiger partial charge on any atom is -0.480 e. The van der Waals surface area contributed by atoms with Crippen LogP contribution in [0.3, 0.4) is 0 Å². The molecule has 0 bridgehead atoms. The molecule has 0 amide bonds. The fourth-order valence-electron chi connectivity index (χ4n) is 1.46. The molecule has 0 heterocycles. The number of carboxylic acids is 2. The van der Waals surface area contributed by atoms with Crippen molar-refractivity contribution in [3.63, 3.8) is 0 Å². The van der Waals surface area contributed by atoms with E-state index in [0.29, 0.717) is 10.6 Å². The first kappa shape index (κ1) is 14.9. The van der Waals surface area contributed by atoms with Crippen LogP contribution in [0, 0.1) is 0 Å². The van der Waals surface area contributed by atoms with Crippen molar-refractivity contribution in [2.24, 2.45) is 0 Å². The minimum atomic E-state index is -1.08. The van der Waals surface area contributed by atoms with Gasteiger partial charge < -0.3 is 10.2 Å². The summed E-state index contributed by atoms with van der Waals surface area (Å²) in [6.45, 7) is -0.541. The molecule has 98 valence electrons. The molecule has 0 saturated heterocycles. The predicted molar refractivity (Wildman–Crippen MR) is 69.7 cm³/mol. The van der Waals surface area contributed by atoms with Gasteiger partial charge in [-0.2, -0.15) is 0 Å². The fourth-order valence-corrected chi connectivity index (χ4v) is 2.04. The van der Waals surface area contributed by atoms with Crippen LogP contribution in [0.2, 0.25) is 5.02 Å². The maximum atomic E-state index is 10.7. The Bertz CT molecular complexity index is 450. The van der Waals surface area contributed by atoms with E-state index in [4.69, 9.17) is 21.8 Å². The summed E-state index contributed by atoms with van der Waals surface area (Å²) in [5, 5.41) is 17.9. The van der Waals surface area contributed by atoms with Crippen molar-refractivity contribution in [1.29, 1.82) is 0 Å². The molecule has 2 N–H and O–H groups in total. The molecular weight excluding hydrogens is 325 g/mol. The zero-order chi connectivity index (χ0) is 13.7. The van der Waals surface area contributed by atoms with E-state index in [9.17, 15) is 9.59 Å². The standard InChI is InChI=1S/C11H11BrClNO4/c12-8-1-2-9(13)7(3-8)4-14(5-10(15)16)6-11(17)18/h1-3H,4-6H2,(H,15,16)(H,17,18). The summed E-state index contributed by atoms with van der Waals surface area (Å²) in [6.07, 6.45) is 0. The smallest absolute Gasteiger partial charge is 0.317 e. The van der Waals surface area contributed by atoms with E-state index in [-0.39, 0.29) is 19.6 Å². The molecule has 0 fully saturated rings. The second-order valence-electron chi connectivity index (χ2n) is 3.67. The third kappa shape index (κ3) is 5.03. The van der Waals surface area contributed by atoms with Crippen LogP contribution in [0.5, 0.6) is 0 Å². The second-order valence-corrected chi connectivity index (χ2v) is 4.99. The summed E-state index contributed by atoms with van der Waals surface area (Å²) in [7, 11) is 0. The Morgan fingerprint density at radius 2 is 1.78 bits per heavy atom. The number of hydrogen-bond donors (Lipinski definition) is 2. The van der Waals surface area contributed by atoms with Crippen LogP contribution in [0.25, 0.3) is 0 Å². The highest BCUT2D eigenvalue weighted by atomic mass is 79.9. The summed E-state index contributed by atoms with van der Waals surface area (Å²) in [4.78, 5) is 22.6. The first-order chi connectivity index (χ1) is 8.38. The first-order valence-corrected chi connectivity index (χ1v) is 6.15. The molecule has 1 aromatic carbocycles. The van der Waals surface area contributed by atoms with Gasteiger partial charge in [-0.15, -0.1) is 0 Å². The number of nitrogens with zero attached hydrogens (tertiary/aromatic N) is 1. The van der Waals surface area contributed by atoms with Gasteiger partial charge in [-0.1, -0.05) is 27.5 Å². The van der Waals surface area contributed by atoms with Crippen molar-refractivity contribution < 1.29 is 19.8 Å². The molecule has 7 heteroatoms. The lowest BCUT2D eigenvalue weighted by molar-refractivity contribution is -0.142. The highest BCUT2D eigenvalue weighted by Crippen LogP contribution is 2.22. The second kappa shape index (κ2) is 6.72. The SMILES string of the molecule is O=C(O)CN(CC(=O)O)Cc1cc(Br)ccc1Cl. The van der Waals surface area contributed by atoms with Crippen molar-refractivity contribution in [2.45, 2.75) is 6.54 Å². The molecule has 0 aliphatic rings. The zero-order valence-electron chi connectivity index (χ0n) is 9.27. The summed E-state index contributed by atoms with van der Waals surface area (Å²) in [5.74, 6) is -2.16. The molecule has 0 spiro atoms. The quantitative estimate of drug-likeness (QED) is 0.831. The number of rotatable bonds is 6. The van der Waals surface area contributed by atoms with E-state index in [2.05, 4.69) is 15.9 Å². The van der Waals surface area contributed by atoms with Gasteiger partial charge in [0.25, 0.3) is 0 Å². The first-order valence-electron chi connectivity index (χ1n) is 4.98. The van der Waals surface area contributed by atoms with E-state index in [1.807, 2.05) is 0 Å². The Kier molecular flexibility index (Phi) is 5.58. The number of hydrogen-bond acceptors (Lipinski definition) is 3. The van der Waals surface area contributed by atoms with Crippen LogP contribution >= 0.6 is 27.5 Å². The van der Waals surface area contributed by atoms with E-state index >= 15 is 0 Å². The van der Waals surface area contributed by atoms with Crippen molar-refractivity contribution >= 4 is 39.5 Å². The Morgan fingerprint density at radius 3 is 2.28 bits per heavy atom. The molecule has 0 aromatic heterocycles. The van der Waals surface area contributed by atoms with Gasteiger partial charge in [0, 0.05) is 16.0 Å². The van der Waals surface area contributed by atoms with Gasteiger partial charge in [0.05, 0.1) is 13.1 Å². The number of aliphatic carboxylic acids is 2. The van der Waals surface area contributed by atoms with Gasteiger partial charge in [-0.05, 0) is 23.8 Å². The number of carbonyl (C=O) groups is 2. The maximum absolute atomic E-state index is 10.7. The third-order valence-electron chi connectivity index (χ3n) is 2.12. The zero-order valence-corrected chi connectivity index (χ0v) is 11.6. The van der Waals surface area contributed by atoms with E-state index in [0.717, 1.165) is 4.47 Å². The lowest BCUT2D eigenvalue weighted by Gasteiger charge is -2.18. The lowest BCUT2D eigenvalue weighted by Crippen LogP contribution is -2.34. The van der Waals surface area contributed by atoms with Crippen molar-refractivity contribution in [2.75, 3.05) is 13.1 Å². The van der Waals surface area contributed by atoms with Gasteiger partial charge in [0.1, 0.15) is 0 Å². The molecule has 5 nitrogen and oxygen atoms in total. The maximum Gasteiger partial charge on any atom is 0.317 e.